The molecule has 0 aliphatic carbocycles. The van der Waals surface area contributed by atoms with Crippen LogP contribution in [0.25, 0.3) is 11.4 Å². The zero-order valence-electron chi connectivity index (χ0n) is 14.5. The molecule has 24 heavy (non-hydrogen) atoms. The van der Waals surface area contributed by atoms with Crippen molar-refractivity contribution in [3.63, 3.8) is 0 Å². The van der Waals surface area contributed by atoms with E-state index in [-0.39, 0.29) is 0 Å². The third-order valence-corrected chi connectivity index (χ3v) is 4.00. The summed E-state index contributed by atoms with van der Waals surface area (Å²) >= 11 is 0. The van der Waals surface area contributed by atoms with Crippen molar-refractivity contribution in [1.82, 2.24) is 9.97 Å². The van der Waals surface area contributed by atoms with E-state index in [0.29, 0.717) is 0 Å². The summed E-state index contributed by atoms with van der Waals surface area (Å²) in [6.45, 7) is 4.54. The Hall–Kier alpha value is -2.16. The molecule has 0 bridgehead atoms. The Morgan fingerprint density at radius 2 is 1.46 bits per heavy atom. The highest BCUT2D eigenvalue weighted by atomic mass is 16.5. The lowest BCUT2D eigenvalue weighted by Gasteiger charge is -2.07. The van der Waals surface area contributed by atoms with Gasteiger partial charge in [0.1, 0.15) is 5.75 Å². The molecule has 0 saturated carbocycles. The summed E-state index contributed by atoms with van der Waals surface area (Å²) < 4.78 is 5.80. The molecule has 0 aliphatic rings. The second-order valence-electron chi connectivity index (χ2n) is 6.00. The van der Waals surface area contributed by atoms with E-state index in [1.54, 1.807) is 12.4 Å². The van der Waals surface area contributed by atoms with E-state index in [0.717, 1.165) is 36.6 Å². The number of allylic oxidation sites excluding steroid dienone is 1. The molecule has 1 heterocycles. The number of nitrogens with zero attached hydrogens (tertiary/aromatic N) is 2. The minimum absolute atomic E-state index is 0.747. The van der Waals surface area contributed by atoms with Gasteiger partial charge in [0.2, 0.25) is 0 Å². The number of hydrogen-bond acceptors (Lipinski definition) is 3. The summed E-state index contributed by atoms with van der Waals surface area (Å²) in [7, 11) is 0. The van der Waals surface area contributed by atoms with Crippen LogP contribution in [0.15, 0.2) is 55.4 Å². The molecular formula is C21H28N2O. The molecule has 0 radical (unpaired) electrons. The molecule has 3 heteroatoms. The van der Waals surface area contributed by atoms with Gasteiger partial charge in [0.05, 0.1) is 6.61 Å². The van der Waals surface area contributed by atoms with Crippen LogP contribution in [-0.4, -0.2) is 16.6 Å². The maximum absolute atomic E-state index is 5.80. The molecule has 128 valence electrons. The standard InChI is InChI=1S/C21H28N2O/c1-2-3-4-5-6-7-8-9-10-18-24-20-14-12-19(13-15-20)21-22-16-11-17-23-21/h2,11-17H,1,3-10,18H2. The fraction of sp³-hybridized carbons (Fsp3) is 0.429. The molecule has 0 fully saturated rings. The highest BCUT2D eigenvalue weighted by Gasteiger charge is 2.00. The summed E-state index contributed by atoms with van der Waals surface area (Å²) in [6, 6.07) is 9.82. The molecule has 2 aromatic rings. The van der Waals surface area contributed by atoms with Crippen LogP contribution < -0.4 is 4.74 Å². The lowest BCUT2D eigenvalue weighted by atomic mass is 10.1. The maximum atomic E-state index is 5.80. The van der Waals surface area contributed by atoms with Gasteiger partial charge in [-0.3, -0.25) is 0 Å². The first kappa shape index (κ1) is 18.2. The van der Waals surface area contributed by atoms with E-state index >= 15 is 0 Å². The second-order valence-corrected chi connectivity index (χ2v) is 6.00. The lowest BCUT2D eigenvalue weighted by Crippen LogP contribution is -1.97. The van der Waals surface area contributed by atoms with E-state index in [4.69, 9.17) is 4.74 Å². The topological polar surface area (TPSA) is 35.0 Å². The molecule has 0 amide bonds. The van der Waals surface area contributed by atoms with Gasteiger partial charge >= 0.3 is 0 Å². The van der Waals surface area contributed by atoms with Crippen molar-refractivity contribution in [1.29, 1.82) is 0 Å². The van der Waals surface area contributed by atoms with E-state index in [1.165, 1.54) is 38.5 Å². The predicted octanol–water partition coefficient (Wildman–Crippen LogP) is 5.83. The van der Waals surface area contributed by atoms with Gasteiger partial charge in [-0.1, -0.05) is 38.2 Å². The summed E-state index contributed by atoms with van der Waals surface area (Å²) in [5.41, 5.74) is 1.01. The molecule has 0 aliphatic heterocycles. The first-order chi connectivity index (χ1) is 11.9. The van der Waals surface area contributed by atoms with Crippen LogP contribution >= 0.6 is 0 Å². The van der Waals surface area contributed by atoms with Crippen LogP contribution in [0.2, 0.25) is 0 Å². The van der Waals surface area contributed by atoms with Gasteiger partial charge in [-0.25, -0.2) is 9.97 Å². The van der Waals surface area contributed by atoms with Crippen molar-refractivity contribution in [3.05, 3.63) is 55.4 Å². The van der Waals surface area contributed by atoms with Crippen LogP contribution in [0, 0.1) is 0 Å². The van der Waals surface area contributed by atoms with Gasteiger partial charge in [-0.15, -0.1) is 6.58 Å². The third-order valence-electron chi connectivity index (χ3n) is 4.00. The van der Waals surface area contributed by atoms with E-state index in [2.05, 4.69) is 16.5 Å². The van der Waals surface area contributed by atoms with Crippen molar-refractivity contribution in [2.45, 2.75) is 51.4 Å². The molecule has 0 unspecified atom stereocenters. The summed E-state index contributed by atoms with van der Waals surface area (Å²) in [4.78, 5) is 8.50. The summed E-state index contributed by atoms with van der Waals surface area (Å²) in [5.74, 6) is 1.66. The minimum Gasteiger partial charge on any atom is -0.494 e. The lowest BCUT2D eigenvalue weighted by molar-refractivity contribution is 0.304. The molecule has 0 saturated heterocycles. The molecule has 1 aromatic carbocycles. The van der Waals surface area contributed by atoms with Crippen LogP contribution in [0.1, 0.15) is 51.4 Å². The molecule has 0 N–H and O–H groups in total. The van der Waals surface area contributed by atoms with Crippen LogP contribution in [0.4, 0.5) is 0 Å². The molecule has 0 spiro atoms. The van der Waals surface area contributed by atoms with Crippen molar-refractivity contribution < 1.29 is 4.74 Å². The molecule has 2 rings (SSSR count). The van der Waals surface area contributed by atoms with Crippen LogP contribution in [0.5, 0.6) is 5.75 Å². The monoisotopic (exact) mass is 324 g/mol. The normalized spacial score (nSPS) is 10.5. The highest BCUT2D eigenvalue weighted by Crippen LogP contribution is 2.19. The quantitative estimate of drug-likeness (QED) is 0.364. The fourth-order valence-corrected chi connectivity index (χ4v) is 2.61. The third kappa shape index (κ3) is 6.95. The van der Waals surface area contributed by atoms with Gasteiger partial charge < -0.3 is 4.74 Å². The Balaban J connectivity index is 1.56. The first-order valence-corrected chi connectivity index (χ1v) is 9.01. The summed E-state index contributed by atoms with van der Waals surface area (Å²) in [6.07, 6.45) is 15.7. The average Bonchev–Trinajstić information content (AvgIpc) is 2.64. The van der Waals surface area contributed by atoms with Crippen LogP contribution in [0.3, 0.4) is 0 Å². The minimum atomic E-state index is 0.747. The Morgan fingerprint density at radius 1 is 0.833 bits per heavy atom. The highest BCUT2D eigenvalue weighted by molar-refractivity contribution is 5.55. The van der Waals surface area contributed by atoms with Crippen LogP contribution in [-0.2, 0) is 0 Å². The number of unbranched alkanes of at least 4 members (excludes halogenated alkanes) is 7. The second kappa shape index (κ2) is 11.4. The Kier molecular flexibility index (Phi) is 8.63. The van der Waals surface area contributed by atoms with E-state index in [9.17, 15) is 0 Å². The largest absolute Gasteiger partial charge is 0.494 e. The smallest absolute Gasteiger partial charge is 0.159 e. The number of benzene rings is 1. The summed E-state index contributed by atoms with van der Waals surface area (Å²) in [5, 5.41) is 0. The molecular weight excluding hydrogens is 296 g/mol. The average molecular weight is 324 g/mol. The number of hydrogen-bond donors (Lipinski definition) is 0. The molecule has 0 atom stereocenters. The van der Waals surface area contributed by atoms with Crippen molar-refractivity contribution in [2.24, 2.45) is 0 Å². The van der Waals surface area contributed by atoms with Gasteiger partial charge in [-0.2, -0.15) is 0 Å². The number of ether oxygens (including phenoxy) is 1. The van der Waals surface area contributed by atoms with E-state index in [1.807, 2.05) is 36.4 Å². The first-order valence-electron chi connectivity index (χ1n) is 9.01. The SMILES string of the molecule is C=CCCCCCCCCCOc1ccc(-c2ncccn2)cc1. The predicted molar refractivity (Wildman–Crippen MR) is 100 cm³/mol. The van der Waals surface area contributed by atoms with Crippen molar-refractivity contribution in [2.75, 3.05) is 6.61 Å². The Morgan fingerprint density at radius 3 is 2.12 bits per heavy atom. The number of rotatable bonds is 12. The Labute approximate surface area is 145 Å². The van der Waals surface area contributed by atoms with Gasteiger partial charge in [0, 0.05) is 18.0 Å². The molecule has 1 aromatic heterocycles. The zero-order valence-corrected chi connectivity index (χ0v) is 14.5. The molecule has 3 nitrogen and oxygen atoms in total. The van der Waals surface area contributed by atoms with Gasteiger partial charge in [0.25, 0.3) is 0 Å². The number of aromatic nitrogens is 2. The maximum Gasteiger partial charge on any atom is 0.159 e. The van der Waals surface area contributed by atoms with Crippen molar-refractivity contribution >= 4 is 0 Å². The Bertz CT molecular complexity index is 566. The van der Waals surface area contributed by atoms with Crippen molar-refractivity contribution in [3.8, 4) is 17.1 Å². The fourth-order valence-electron chi connectivity index (χ4n) is 2.61. The van der Waals surface area contributed by atoms with E-state index < -0.39 is 0 Å². The van der Waals surface area contributed by atoms with Gasteiger partial charge in [0.15, 0.2) is 5.82 Å². The van der Waals surface area contributed by atoms with Gasteiger partial charge in [-0.05, 0) is 49.6 Å². The zero-order chi connectivity index (χ0) is 16.9.